The Balaban J connectivity index is 1.55. The molecule has 0 unspecified atom stereocenters. The summed E-state index contributed by atoms with van der Waals surface area (Å²) in [5, 5.41) is 3.10. The maximum atomic E-state index is 12.5. The average molecular weight is 333 g/mol. The van der Waals surface area contributed by atoms with E-state index in [2.05, 4.69) is 15.3 Å². The maximum Gasteiger partial charge on any atom is 0.224 e. The lowest BCUT2D eigenvalue weighted by atomic mass is 9.87. The zero-order valence-corrected chi connectivity index (χ0v) is 14.3. The Hall–Kier alpha value is -2.62. The molecule has 1 amide bonds. The van der Waals surface area contributed by atoms with Gasteiger partial charge < -0.3 is 10.3 Å². The van der Waals surface area contributed by atoms with Crippen molar-refractivity contribution in [2.75, 3.05) is 5.32 Å². The van der Waals surface area contributed by atoms with Crippen LogP contribution in [0.3, 0.4) is 0 Å². The predicted octanol–water partition coefficient (Wildman–Crippen LogP) is 5.14. The Morgan fingerprint density at radius 1 is 1.04 bits per heavy atom. The molecule has 2 N–H and O–H groups in total. The fraction of sp³-hybridized carbons (Fsp3) is 0.333. The minimum atomic E-state index is 0.107. The molecule has 0 radical (unpaired) electrons. The molecule has 1 aliphatic rings. The van der Waals surface area contributed by atoms with Crippen molar-refractivity contribution in [2.45, 2.75) is 38.5 Å². The van der Waals surface area contributed by atoms with Gasteiger partial charge in [-0.25, -0.2) is 4.98 Å². The van der Waals surface area contributed by atoms with E-state index in [4.69, 9.17) is 0 Å². The SMILES string of the molecule is O=C(CC1CCCCC1)Nc1ccccc1-c1nc2ccccc2[nH]1. The second kappa shape index (κ2) is 7.09. The van der Waals surface area contributed by atoms with Gasteiger partial charge in [0, 0.05) is 12.0 Å². The van der Waals surface area contributed by atoms with Gasteiger partial charge in [0.25, 0.3) is 0 Å². The number of aromatic nitrogens is 2. The predicted molar refractivity (Wildman–Crippen MR) is 101 cm³/mol. The Morgan fingerprint density at radius 3 is 2.64 bits per heavy atom. The highest BCUT2D eigenvalue weighted by atomic mass is 16.1. The van der Waals surface area contributed by atoms with Crippen LogP contribution >= 0.6 is 0 Å². The minimum absolute atomic E-state index is 0.107. The van der Waals surface area contributed by atoms with Crippen molar-refractivity contribution >= 4 is 22.6 Å². The number of carbonyl (C=O) groups excluding carboxylic acids is 1. The summed E-state index contributed by atoms with van der Waals surface area (Å²) in [5.41, 5.74) is 3.68. The van der Waals surface area contributed by atoms with Crippen molar-refractivity contribution in [3.05, 3.63) is 48.5 Å². The molecule has 3 aromatic rings. The number of nitrogens with zero attached hydrogens (tertiary/aromatic N) is 1. The van der Waals surface area contributed by atoms with Gasteiger partial charge in [-0.15, -0.1) is 0 Å². The molecule has 0 atom stereocenters. The summed E-state index contributed by atoms with van der Waals surface area (Å²) in [4.78, 5) is 20.5. The number of amides is 1. The Bertz CT molecular complexity index is 844. The van der Waals surface area contributed by atoms with E-state index in [1.165, 1.54) is 32.1 Å². The van der Waals surface area contributed by atoms with Crippen molar-refractivity contribution in [3.63, 3.8) is 0 Å². The molecular weight excluding hydrogens is 310 g/mol. The summed E-state index contributed by atoms with van der Waals surface area (Å²) < 4.78 is 0. The number of benzene rings is 2. The van der Waals surface area contributed by atoms with Crippen molar-refractivity contribution < 1.29 is 4.79 Å². The number of carbonyl (C=O) groups is 1. The molecule has 1 heterocycles. The first kappa shape index (κ1) is 15.9. The number of nitrogens with one attached hydrogen (secondary N) is 2. The molecule has 128 valence electrons. The first-order valence-corrected chi connectivity index (χ1v) is 9.13. The number of hydrogen-bond donors (Lipinski definition) is 2. The number of fused-ring (bicyclic) bond motifs is 1. The fourth-order valence-electron chi connectivity index (χ4n) is 3.73. The highest BCUT2D eigenvalue weighted by Gasteiger charge is 2.18. The Kier molecular flexibility index (Phi) is 4.51. The molecule has 1 saturated carbocycles. The van der Waals surface area contributed by atoms with E-state index in [1.54, 1.807) is 0 Å². The molecule has 4 nitrogen and oxygen atoms in total. The van der Waals surface area contributed by atoms with Crippen molar-refractivity contribution in [3.8, 4) is 11.4 Å². The summed E-state index contributed by atoms with van der Waals surface area (Å²) >= 11 is 0. The summed E-state index contributed by atoms with van der Waals surface area (Å²) in [5.74, 6) is 1.43. The van der Waals surface area contributed by atoms with E-state index in [0.29, 0.717) is 12.3 Å². The molecule has 0 aliphatic heterocycles. The van der Waals surface area contributed by atoms with Gasteiger partial charge in [-0.05, 0) is 43.0 Å². The third-order valence-corrected chi connectivity index (χ3v) is 5.04. The van der Waals surface area contributed by atoms with E-state index in [-0.39, 0.29) is 5.91 Å². The molecule has 4 heteroatoms. The zero-order chi connectivity index (χ0) is 17.1. The van der Waals surface area contributed by atoms with Crippen LogP contribution in [0.2, 0.25) is 0 Å². The van der Waals surface area contributed by atoms with Gasteiger partial charge in [-0.3, -0.25) is 4.79 Å². The molecule has 0 saturated heterocycles. The largest absolute Gasteiger partial charge is 0.338 e. The molecule has 25 heavy (non-hydrogen) atoms. The smallest absolute Gasteiger partial charge is 0.224 e. The normalized spacial score (nSPS) is 15.4. The number of hydrogen-bond acceptors (Lipinski definition) is 2. The maximum absolute atomic E-state index is 12.5. The van der Waals surface area contributed by atoms with Crippen LogP contribution in [-0.4, -0.2) is 15.9 Å². The van der Waals surface area contributed by atoms with Gasteiger partial charge >= 0.3 is 0 Å². The zero-order valence-electron chi connectivity index (χ0n) is 14.3. The number of aromatic amines is 1. The average Bonchev–Trinajstić information content (AvgIpc) is 3.07. The minimum Gasteiger partial charge on any atom is -0.338 e. The highest BCUT2D eigenvalue weighted by molar-refractivity contribution is 5.95. The molecule has 2 aromatic carbocycles. The van der Waals surface area contributed by atoms with Crippen LogP contribution in [0.25, 0.3) is 22.4 Å². The van der Waals surface area contributed by atoms with Crippen molar-refractivity contribution in [2.24, 2.45) is 5.92 Å². The number of anilines is 1. The fourth-order valence-corrected chi connectivity index (χ4v) is 3.73. The number of imidazole rings is 1. The number of para-hydroxylation sites is 3. The van der Waals surface area contributed by atoms with Crippen LogP contribution in [-0.2, 0) is 4.79 Å². The molecule has 0 bridgehead atoms. The van der Waals surface area contributed by atoms with E-state index >= 15 is 0 Å². The molecular formula is C21H23N3O. The van der Waals surface area contributed by atoms with Crippen LogP contribution in [0, 0.1) is 5.92 Å². The van der Waals surface area contributed by atoms with Crippen LogP contribution < -0.4 is 5.32 Å². The highest BCUT2D eigenvalue weighted by Crippen LogP contribution is 2.29. The lowest BCUT2D eigenvalue weighted by Crippen LogP contribution is -2.18. The summed E-state index contributed by atoms with van der Waals surface area (Å²) in [6.45, 7) is 0. The molecule has 4 rings (SSSR count). The lowest BCUT2D eigenvalue weighted by Gasteiger charge is -2.21. The van der Waals surface area contributed by atoms with Gasteiger partial charge in [-0.2, -0.15) is 0 Å². The Morgan fingerprint density at radius 2 is 1.80 bits per heavy atom. The third-order valence-electron chi connectivity index (χ3n) is 5.04. The van der Waals surface area contributed by atoms with Crippen LogP contribution in [0.15, 0.2) is 48.5 Å². The second-order valence-electron chi connectivity index (χ2n) is 6.90. The van der Waals surface area contributed by atoms with Gasteiger partial charge in [0.15, 0.2) is 0 Å². The molecule has 1 fully saturated rings. The van der Waals surface area contributed by atoms with Gasteiger partial charge in [-0.1, -0.05) is 43.5 Å². The standard InChI is InChI=1S/C21H23N3O/c25-20(14-15-8-2-1-3-9-15)22-17-11-5-4-10-16(17)21-23-18-12-6-7-13-19(18)24-21/h4-7,10-13,15H,1-3,8-9,14H2,(H,22,25)(H,23,24). The number of H-pyrrole nitrogens is 1. The first-order valence-electron chi connectivity index (χ1n) is 9.13. The second-order valence-corrected chi connectivity index (χ2v) is 6.90. The summed E-state index contributed by atoms with van der Waals surface area (Å²) in [6, 6.07) is 15.8. The molecule has 0 spiro atoms. The van der Waals surface area contributed by atoms with Gasteiger partial charge in [0.05, 0.1) is 16.7 Å². The lowest BCUT2D eigenvalue weighted by molar-refractivity contribution is -0.117. The first-order chi connectivity index (χ1) is 12.3. The quantitative estimate of drug-likeness (QED) is 0.694. The van der Waals surface area contributed by atoms with E-state index in [1.807, 2.05) is 48.5 Å². The van der Waals surface area contributed by atoms with Gasteiger partial charge in [0.1, 0.15) is 5.82 Å². The summed E-state index contributed by atoms with van der Waals surface area (Å²) in [6.07, 6.45) is 6.81. The van der Waals surface area contributed by atoms with Crippen molar-refractivity contribution in [1.29, 1.82) is 0 Å². The molecule has 1 aliphatic carbocycles. The monoisotopic (exact) mass is 333 g/mol. The van der Waals surface area contributed by atoms with E-state index in [9.17, 15) is 4.79 Å². The summed E-state index contributed by atoms with van der Waals surface area (Å²) in [7, 11) is 0. The van der Waals surface area contributed by atoms with Crippen LogP contribution in [0.1, 0.15) is 38.5 Å². The van der Waals surface area contributed by atoms with Crippen molar-refractivity contribution in [1.82, 2.24) is 9.97 Å². The third kappa shape index (κ3) is 3.58. The van der Waals surface area contributed by atoms with E-state index < -0.39 is 0 Å². The van der Waals surface area contributed by atoms with Gasteiger partial charge in [0.2, 0.25) is 5.91 Å². The molecule has 1 aromatic heterocycles. The number of rotatable bonds is 4. The Labute approximate surface area is 147 Å². The van der Waals surface area contributed by atoms with Crippen LogP contribution in [0.5, 0.6) is 0 Å². The van der Waals surface area contributed by atoms with Crippen LogP contribution in [0.4, 0.5) is 5.69 Å². The van der Waals surface area contributed by atoms with E-state index in [0.717, 1.165) is 28.1 Å². The topological polar surface area (TPSA) is 57.8 Å².